The predicted molar refractivity (Wildman–Crippen MR) is 61.9 cm³/mol. The van der Waals surface area contributed by atoms with Gasteiger partial charge in [-0.05, 0) is 32.4 Å². The van der Waals surface area contributed by atoms with Gasteiger partial charge in [0, 0.05) is 19.1 Å². The Labute approximate surface area is 92.8 Å². The lowest BCUT2D eigenvalue weighted by atomic mass is 10.1. The minimum Gasteiger partial charge on any atom is -0.392 e. The Morgan fingerprint density at radius 2 is 1.73 bits per heavy atom. The zero-order chi connectivity index (χ0) is 10.5. The highest BCUT2D eigenvalue weighted by Crippen LogP contribution is 2.13. The second-order valence-electron chi connectivity index (χ2n) is 5.06. The standard InChI is InChI=1S/C12H24N2O/c15-12-8-11(13-9-12)10-14-6-4-2-1-3-5-7-14/h11-13,15H,1-10H2. The highest BCUT2D eigenvalue weighted by atomic mass is 16.3. The van der Waals surface area contributed by atoms with Crippen molar-refractivity contribution in [3.8, 4) is 0 Å². The zero-order valence-electron chi connectivity index (χ0n) is 9.62. The summed E-state index contributed by atoms with van der Waals surface area (Å²) < 4.78 is 0. The first kappa shape index (κ1) is 11.4. The highest BCUT2D eigenvalue weighted by molar-refractivity contribution is 4.83. The Morgan fingerprint density at radius 3 is 2.33 bits per heavy atom. The van der Waals surface area contributed by atoms with Crippen molar-refractivity contribution in [3.05, 3.63) is 0 Å². The molecule has 2 N–H and O–H groups in total. The summed E-state index contributed by atoms with van der Waals surface area (Å²) in [7, 11) is 0. The molecular weight excluding hydrogens is 188 g/mol. The van der Waals surface area contributed by atoms with Crippen LogP contribution in [0.2, 0.25) is 0 Å². The van der Waals surface area contributed by atoms with E-state index < -0.39 is 0 Å². The third-order valence-electron chi connectivity index (χ3n) is 3.63. The molecular formula is C12H24N2O. The number of hydrogen-bond donors (Lipinski definition) is 2. The number of nitrogens with one attached hydrogen (secondary N) is 1. The maximum absolute atomic E-state index is 9.45. The molecule has 0 saturated carbocycles. The van der Waals surface area contributed by atoms with Crippen LogP contribution in [0.5, 0.6) is 0 Å². The van der Waals surface area contributed by atoms with Crippen molar-refractivity contribution in [2.45, 2.75) is 50.7 Å². The lowest BCUT2D eigenvalue weighted by Gasteiger charge is -2.27. The van der Waals surface area contributed by atoms with Gasteiger partial charge in [-0.1, -0.05) is 19.3 Å². The second-order valence-corrected chi connectivity index (χ2v) is 5.06. The third kappa shape index (κ3) is 3.74. The van der Waals surface area contributed by atoms with Crippen molar-refractivity contribution in [3.63, 3.8) is 0 Å². The van der Waals surface area contributed by atoms with Crippen LogP contribution in [0.3, 0.4) is 0 Å². The lowest BCUT2D eigenvalue weighted by Crippen LogP contribution is -2.39. The van der Waals surface area contributed by atoms with Gasteiger partial charge < -0.3 is 15.3 Å². The number of rotatable bonds is 2. The minimum absolute atomic E-state index is 0.107. The molecule has 0 bridgehead atoms. The number of nitrogens with zero attached hydrogens (tertiary/aromatic N) is 1. The number of aliphatic hydroxyl groups excluding tert-OH is 1. The van der Waals surface area contributed by atoms with Crippen molar-refractivity contribution < 1.29 is 5.11 Å². The molecule has 0 aliphatic carbocycles. The molecule has 15 heavy (non-hydrogen) atoms. The molecule has 0 aromatic heterocycles. The van der Waals surface area contributed by atoms with Crippen LogP contribution in [0.1, 0.15) is 38.5 Å². The fourth-order valence-corrected chi connectivity index (χ4v) is 2.74. The van der Waals surface area contributed by atoms with Gasteiger partial charge in [0.15, 0.2) is 0 Å². The molecule has 3 heteroatoms. The highest BCUT2D eigenvalue weighted by Gasteiger charge is 2.23. The van der Waals surface area contributed by atoms with Gasteiger partial charge in [0.25, 0.3) is 0 Å². The Hall–Kier alpha value is -0.120. The molecule has 3 nitrogen and oxygen atoms in total. The van der Waals surface area contributed by atoms with Crippen LogP contribution in [0.4, 0.5) is 0 Å². The van der Waals surface area contributed by atoms with E-state index in [9.17, 15) is 5.11 Å². The first-order valence-electron chi connectivity index (χ1n) is 6.48. The number of likely N-dealkylation sites (tertiary alicyclic amines) is 1. The summed E-state index contributed by atoms with van der Waals surface area (Å²) in [6, 6.07) is 0.527. The average Bonchev–Trinajstić information content (AvgIpc) is 2.56. The molecule has 0 amide bonds. The molecule has 2 rings (SSSR count). The van der Waals surface area contributed by atoms with Gasteiger partial charge in [0.05, 0.1) is 6.10 Å². The van der Waals surface area contributed by atoms with E-state index in [4.69, 9.17) is 0 Å². The molecule has 0 aromatic carbocycles. The summed E-state index contributed by atoms with van der Waals surface area (Å²) in [6.07, 6.45) is 7.77. The largest absolute Gasteiger partial charge is 0.392 e. The van der Waals surface area contributed by atoms with Gasteiger partial charge in [-0.15, -0.1) is 0 Å². The monoisotopic (exact) mass is 212 g/mol. The van der Waals surface area contributed by atoms with Crippen molar-refractivity contribution in [1.82, 2.24) is 10.2 Å². The van der Waals surface area contributed by atoms with Crippen LogP contribution in [0.25, 0.3) is 0 Å². The summed E-state index contributed by atoms with van der Waals surface area (Å²) in [6.45, 7) is 4.44. The molecule has 2 unspecified atom stereocenters. The summed E-state index contributed by atoms with van der Waals surface area (Å²) in [4.78, 5) is 2.58. The first-order valence-corrected chi connectivity index (χ1v) is 6.48. The molecule has 2 atom stereocenters. The van der Waals surface area contributed by atoms with E-state index >= 15 is 0 Å². The average molecular weight is 212 g/mol. The SMILES string of the molecule is OC1CNC(CN2CCCCCCC2)C1. The number of β-amino-alcohol motifs (C(OH)–C–C–N with tert-alkyl or cyclic N) is 1. The molecule has 2 aliphatic heterocycles. The quantitative estimate of drug-likeness (QED) is 0.716. The molecule has 0 aromatic rings. The van der Waals surface area contributed by atoms with Gasteiger partial charge in [0.2, 0.25) is 0 Å². The van der Waals surface area contributed by atoms with Crippen molar-refractivity contribution in [2.24, 2.45) is 0 Å². The molecule has 0 radical (unpaired) electrons. The maximum atomic E-state index is 9.45. The fraction of sp³-hybridized carbons (Fsp3) is 1.00. The molecule has 2 fully saturated rings. The van der Waals surface area contributed by atoms with Crippen molar-refractivity contribution in [1.29, 1.82) is 0 Å². The Balaban J connectivity index is 1.71. The Kier molecular flexibility index (Phi) is 4.42. The summed E-state index contributed by atoms with van der Waals surface area (Å²) >= 11 is 0. The first-order chi connectivity index (χ1) is 7.34. The van der Waals surface area contributed by atoms with E-state index in [1.165, 1.54) is 45.2 Å². The molecule has 2 saturated heterocycles. The molecule has 88 valence electrons. The predicted octanol–water partition coefficient (Wildman–Crippen LogP) is 0.975. The molecule has 0 spiro atoms. The summed E-state index contributed by atoms with van der Waals surface area (Å²) in [5.74, 6) is 0. The van der Waals surface area contributed by atoms with E-state index in [2.05, 4.69) is 10.2 Å². The van der Waals surface area contributed by atoms with Crippen LogP contribution >= 0.6 is 0 Å². The summed E-state index contributed by atoms with van der Waals surface area (Å²) in [5.41, 5.74) is 0. The summed E-state index contributed by atoms with van der Waals surface area (Å²) in [5, 5.41) is 12.8. The maximum Gasteiger partial charge on any atom is 0.0680 e. The zero-order valence-corrected chi connectivity index (χ0v) is 9.62. The number of aliphatic hydroxyl groups is 1. The Morgan fingerprint density at radius 1 is 1.07 bits per heavy atom. The van der Waals surface area contributed by atoms with Gasteiger partial charge in [-0.25, -0.2) is 0 Å². The van der Waals surface area contributed by atoms with Gasteiger partial charge in [-0.3, -0.25) is 0 Å². The molecule has 2 heterocycles. The van der Waals surface area contributed by atoms with Crippen LogP contribution in [0, 0.1) is 0 Å². The van der Waals surface area contributed by atoms with Gasteiger partial charge in [0.1, 0.15) is 0 Å². The Bertz CT molecular complexity index is 178. The normalized spacial score (nSPS) is 35.0. The fourth-order valence-electron chi connectivity index (χ4n) is 2.74. The van der Waals surface area contributed by atoms with Crippen LogP contribution in [0.15, 0.2) is 0 Å². The minimum atomic E-state index is -0.107. The van der Waals surface area contributed by atoms with Gasteiger partial charge >= 0.3 is 0 Å². The van der Waals surface area contributed by atoms with E-state index in [0.717, 1.165) is 19.5 Å². The van der Waals surface area contributed by atoms with E-state index in [-0.39, 0.29) is 6.10 Å². The third-order valence-corrected chi connectivity index (χ3v) is 3.63. The van der Waals surface area contributed by atoms with Crippen LogP contribution in [-0.4, -0.2) is 48.3 Å². The van der Waals surface area contributed by atoms with Crippen molar-refractivity contribution in [2.75, 3.05) is 26.2 Å². The second kappa shape index (κ2) is 5.83. The van der Waals surface area contributed by atoms with E-state index in [1.807, 2.05) is 0 Å². The van der Waals surface area contributed by atoms with Gasteiger partial charge in [-0.2, -0.15) is 0 Å². The smallest absolute Gasteiger partial charge is 0.0680 e. The van der Waals surface area contributed by atoms with Crippen LogP contribution < -0.4 is 5.32 Å². The van der Waals surface area contributed by atoms with E-state index in [1.54, 1.807) is 0 Å². The number of hydrogen-bond acceptors (Lipinski definition) is 3. The van der Waals surface area contributed by atoms with Crippen LogP contribution in [-0.2, 0) is 0 Å². The van der Waals surface area contributed by atoms with E-state index in [0.29, 0.717) is 6.04 Å². The van der Waals surface area contributed by atoms with Crippen molar-refractivity contribution >= 4 is 0 Å². The molecule has 2 aliphatic rings. The topological polar surface area (TPSA) is 35.5 Å². The lowest BCUT2D eigenvalue weighted by molar-refractivity contribution is 0.184.